The number of fused-ring (bicyclic) bond motifs is 1. The number of nitrogens with one attached hydrogen (secondary N) is 1. The highest BCUT2D eigenvalue weighted by atomic mass is 16.4. The van der Waals surface area contributed by atoms with Crippen molar-refractivity contribution in [2.75, 3.05) is 6.54 Å². The normalized spacial score (nSPS) is 30.4. The van der Waals surface area contributed by atoms with Crippen molar-refractivity contribution in [1.29, 1.82) is 0 Å². The van der Waals surface area contributed by atoms with Crippen molar-refractivity contribution in [3.05, 3.63) is 0 Å². The topological polar surface area (TPSA) is 69.6 Å². The summed E-state index contributed by atoms with van der Waals surface area (Å²) >= 11 is 0. The highest BCUT2D eigenvalue weighted by Gasteiger charge is 2.49. The molecule has 0 radical (unpaired) electrons. The van der Waals surface area contributed by atoms with Crippen molar-refractivity contribution < 1.29 is 14.7 Å². The predicted molar refractivity (Wildman–Crippen MR) is 76.4 cm³/mol. The minimum Gasteiger partial charge on any atom is -0.480 e. The number of likely N-dealkylation sites (tertiary alicyclic amines) is 1. The molecule has 2 rings (SSSR count). The number of amides is 2. The van der Waals surface area contributed by atoms with Crippen molar-refractivity contribution in [3.8, 4) is 0 Å². The molecule has 2 aliphatic rings. The summed E-state index contributed by atoms with van der Waals surface area (Å²) in [7, 11) is 0. The van der Waals surface area contributed by atoms with Gasteiger partial charge in [-0.1, -0.05) is 20.3 Å². The predicted octanol–water partition coefficient (Wildman–Crippen LogP) is 2.32. The third kappa shape index (κ3) is 3.07. The maximum absolute atomic E-state index is 12.3. The summed E-state index contributed by atoms with van der Waals surface area (Å²) < 4.78 is 0. The van der Waals surface area contributed by atoms with Gasteiger partial charge in [0.25, 0.3) is 0 Å². The second-order valence-electron chi connectivity index (χ2n) is 6.77. The Morgan fingerprint density at radius 2 is 2.00 bits per heavy atom. The fourth-order valence-electron chi connectivity index (χ4n) is 3.89. The van der Waals surface area contributed by atoms with E-state index < -0.39 is 12.0 Å². The maximum atomic E-state index is 12.3. The molecule has 5 heteroatoms. The van der Waals surface area contributed by atoms with Crippen molar-refractivity contribution in [2.24, 2.45) is 17.8 Å². The van der Waals surface area contributed by atoms with Gasteiger partial charge in [-0.15, -0.1) is 0 Å². The molecule has 114 valence electrons. The molecule has 0 aromatic rings. The standard InChI is InChI=1S/C15H26N2O3/c1-9(2)7-10(3)16-15(20)17-8-11-5-4-6-12(11)13(17)14(18)19/h9-13H,4-8H2,1-3H3,(H,16,20)(H,18,19). The molecule has 1 heterocycles. The second kappa shape index (κ2) is 6.02. The van der Waals surface area contributed by atoms with Gasteiger partial charge in [-0.25, -0.2) is 9.59 Å². The molecule has 1 saturated heterocycles. The van der Waals surface area contributed by atoms with E-state index in [1.807, 2.05) is 6.92 Å². The van der Waals surface area contributed by atoms with Gasteiger partial charge in [0.05, 0.1) is 0 Å². The van der Waals surface area contributed by atoms with Gasteiger partial charge in [-0.3, -0.25) is 0 Å². The first kappa shape index (κ1) is 15.1. The van der Waals surface area contributed by atoms with Gasteiger partial charge >= 0.3 is 12.0 Å². The monoisotopic (exact) mass is 282 g/mol. The van der Waals surface area contributed by atoms with Crippen LogP contribution >= 0.6 is 0 Å². The van der Waals surface area contributed by atoms with Crippen LogP contribution in [0.5, 0.6) is 0 Å². The van der Waals surface area contributed by atoms with Gasteiger partial charge < -0.3 is 15.3 Å². The zero-order chi connectivity index (χ0) is 14.9. The van der Waals surface area contributed by atoms with E-state index in [1.165, 1.54) is 0 Å². The zero-order valence-corrected chi connectivity index (χ0v) is 12.6. The Balaban J connectivity index is 2.00. The average Bonchev–Trinajstić information content (AvgIpc) is 2.84. The Morgan fingerprint density at radius 1 is 1.30 bits per heavy atom. The van der Waals surface area contributed by atoms with E-state index in [4.69, 9.17) is 0 Å². The Labute approximate surface area is 120 Å². The second-order valence-corrected chi connectivity index (χ2v) is 6.77. The van der Waals surface area contributed by atoms with Crippen molar-refractivity contribution in [3.63, 3.8) is 0 Å². The van der Waals surface area contributed by atoms with E-state index in [0.29, 0.717) is 18.4 Å². The molecule has 0 aromatic carbocycles. The molecule has 4 unspecified atom stereocenters. The zero-order valence-electron chi connectivity index (χ0n) is 12.6. The first-order chi connectivity index (χ1) is 9.40. The largest absolute Gasteiger partial charge is 0.480 e. The maximum Gasteiger partial charge on any atom is 0.326 e. The van der Waals surface area contributed by atoms with Gasteiger partial charge in [0, 0.05) is 12.6 Å². The number of urea groups is 1. The first-order valence-electron chi connectivity index (χ1n) is 7.70. The molecule has 1 saturated carbocycles. The van der Waals surface area contributed by atoms with E-state index in [9.17, 15) is 14.7 Å². The lowest BCUT2D eigenvalue weighted by atomic mass is 9.94. The van der Waals surface area contributed by atoms with Crippen LogP contribution in [0.25, 0.3) is 0 Å². The Morgan fingerprint density at radius 3 is 2.60 bits per heavy atom. The van der Waals surface area contributed by atoms with E-state index in [2.05, 4.69) is 19.2 Å². The van der Waals surface area contributed by atoms with E-state index in [-0.39, 0.29) is 18.0 Å². The van der Waals surface area contributed by atoms with E-state index >= 15 is 0 Å². The molecule has 2 N–H and O–H groups in total. The minimum atomic E-state index is -0.855. The molecular formula is C15H26N2O3. The van der Waals surface area contributed by atoms with Crippen LogP contribution in [0.1, 0.15) is 46.5 Å². The number of rotatable bonds is 4. The van der Waals surface area contributed by atoms with Crippen LogP contribution in [0, 0.1) is 17.8 Å². The molecule has 0 spiro atoms. The van der Waals surface area contributed by atoms with Crippen molar-refractivity contribution >= 4 is 12.0 Å². The lowest BCUT2D eigenvalue weighted by Gasteiger charge is -2.27. The highest BCUT2D eigenvalue weighted by molar-refractivity contribution is 5.84. The summed E-state index contributed by atoms with van der Waals surface area (Å²) in [6, 6.07) is -0.758. The number of nitrogens with zero attached hydrogens (tertiary/aromatic N) is 1. The van der Waals surface area contributed by atoms with Gasteiger partial charge in [-0.05, 0) is 43.9 Å². The fraction of sp³-hybridized carbons (Fsp3) is 0.867. The average molecular weight is 282 g/mol. The fourth-order valence-corrected chi connectivity index (χ4v) is 3.89. The minimum absolute atomic E-state index is 0.0809. The van der Waals surface area contributed by atoms with E-state index in [0.717, 1.165) is 25.7 Å². The number of hydrogen-bond acceptors (Lipinski definition) is 2. The quantitative estimate of drug-likeness (QED) is 0.831. The molecule has 0 bridgehead atoms. The molecule has 0 aromatic heterocycles. The lowest BCUT2D eigenvalue weighted by molar-refractivity contribution is -0.142. The molecule has 2 amide bonds. The highest BCUT2D eigenvalue weighted by Crippen LogP contribution is 2.42. The van der Waals surface area contributed by atoms with Crippen LogP contribution < -0.4 is 5.32 Å². The lowest BCUT2D eigenvalue weighted by Crippen LogP contribution is -2.50. The third-order valence-electron chi connectivity index (χ3n) is 4.60. The summed E-state index contributed by atoms with van der Waals surface area (Å²) in [4.78, 5) is 25.4. The Kier molecular flexibility index (Phi) is 4.55. The van der Waals surface area contributed by atoms with Crippen LogP contribution in [-0.4, -0.2) is 40.6 Å². The molecule has 1 aliphatic heterocycles. The van der Waals surface area contributed by atoms with E-state index in [1.54, 1.807) is 4.90 Å². The van der Waals surface area contributed by atoms with Crippen molar-refractivity contribution in [2.45, 2.75) is 58.5 Å². The summed E-state index contributed by atoms with van der Waals surface area (Å²) in [5.74, 6) is 0.186. The van der Waals surface area contributed by atoms with Crippen molar-refractivity contribution in [1.82, 2.24) is 10.2 Å². The molecular weight excluding hydrogens is 256 g/mol. The molecule has 4 atom stereocenters. The number of aliphatic carboxylic acids is 1. The summed E-state index contributed by atoms with van der Waals surface area (Å²) in [6.07, 6.45) is 4.00. The van der Waals surface area contributed by atoms with Gasteiger partial charge in [0.1, 0.15) is 6.04 Å². The third-order valence-corrected chi connectivity index (χ3v) is 4.60. The van der Waals surface area contributed by atoms with Crippen LogP contribution in [0.15, 0.2) is 0 Å². The summed E-state index contributed by atoms with van der Waals surface area (Å²) in [5.41, 5.74) is 0. The summed E-state index contributed by atoms with van der Waals surface area (Å²) in [5, 5.41) is 12.4. The van der Waals surface area contributed by atoms with Crippen LogP contribution in [0.3, 0.4) is 0 Å². The Hall–Kier alpha value is -1.26. The number of carboxylic acids is 1. The number of carboxylic acid groups (broad SMARTS) is 1. The molecule has 2 fully saturated rings. The number of carbonyl (C=O) groups is 2. The summed E-state index contributed by atoms with van der Waals surface area (Å²) in [6.45, 7) is 6.80. The van der Waals surface area contributed by atoms with Gasteiger partial charge in [0.15, 0.2) is 0 Å². The van der Waals surface area contributed by atoms with Gasteiger partial charge in [-0.2, -0.15) is 0 Å². The van der Waals surface area contributed by atoms with Crippen LogP contribution in [0.4, 0.5) is 4.79 Å². The van der Waals surface area contributed by atoms with Crippen LogP contribution in [0.2, 0.25) is 0 Å². The SMILES string of the molecule is CC(C)CC(C)NC(=O)N1CC2CCCC2C1C(=O)O. The van der Waals surface area contributed by atoms with Gasteiger partial charge in [0.2, 0.25) is 0 Å². The molecule has 5 nitrogen and oxygen atoms in total. The number of hydrogen-bond donors (Lipinski definition) is 2. The first-order valence-corrected chi connectivity index (χ1v) is 7.70. The molecule has 1 aliphatic carbocycles. The smallest absolute Gasteiger partial charge is 0.326 e. The Bertz CT molecular complexity index is 383. The number of carbonyl (C=O) groups excluding carboxylic acids is 1. The molecule has 20 heavy (non-hydrogen) atoms. The van der Waals surface area contributed by atoms with Crippen LogP contribution in [-0.2, 0) is 4.79 Å².